The topological polar surface area (TPSA) is 34.1 Å². The molecule has 0 amide bonds. The lowest BCUT2D eigenvalue weighted by Gasteiger charge is -2.38. The summed E-state index contributed by atoms with van der Waals surface area (Å²) in [5.41, 5.74) is 0.977. The maximum atomic E-state index is 5.95. The maximum Gasteiger partial charge on any atom is 0.120 e. The second-order valence-electron chi connectivity index (χ2n) is 4.56. The van der Waals surface area contributed by atoms with Crippen molar-refractivity contribution in [3.05, 3.63) is 28.2 Å². The lowest BCUT2D eigenvalue weighted by atomic mass is 10.0. The van der Waals surface area contributed by atoms with Crippen molar-refractivity contribution in [1.82, 2.24) is 10.3 Å². The van der Waals surface area contributed by atoms with Gasteiger partial charge in [-0.05, 0) is 25.1 Å². The van der Waals surface area contributed by atoms with Crippen LogP contribution in [0.25, 0.3) is 10.2 Å². The minimum absolute atomic E-state index is 0.0184. The van der Waals surface area contributed by atoms with Crippen LogP contribution in [0.5, 0.6) is 0 Å². The minimum Gasteiger partial charge on any atom is -0.365 e. The van der Waals surface area contributed by atoms with E-state index in [2.05, 4.69) is 17.2 Å². The lowest BCUT2D eigenvalue weighted by molar-refractivity contribution is -0.0767. The molecule has 1 N–H and O–H groups in total. The number of fused-ring (bicyclic) bond motifs is 1. The monoisotopic (exact) mass is 268 g/mol. The molecule has 1 aliphatic rings. The van der Waals surface area contributed by atoms with Gasteiger partial charge in [0.15, 0.2) is 0 Å². The first-order chi connectivity index (χ1) is 8.15. The first kappa shape index (κ1) is 11.4. The standard InChI is InChI=1S/C12H13ClN2OS/c1-12(6-14-7-12)16-5-11-15-9-3-2-8(13)4-10(9)17-11/h2-4,14H,5-7H2,1H3. The second kappa shape index (κ2) is 4.21. The normalized spacial score (nSPS) is 18.2. The molecule has 0 radical (unpaired) electrons. The molecule has 2 heterocycles. The predicted molar refractivity (Wildman–Crippen MR) is 70.7 cm³/mol. The van der Waals surface area contributed by atoms with Gasteiger partial charge in [0.1, 0.15) is 5.01 Å². The lowest BCUT2D eigenvalue weighted by Crippen LogP contribution is -2.58. The van der Waals surface area contributed by atoms with E-state index >= 15 is 0 Å². The third kappa shape index (κ3) is 2.31. The van der Waals surface area contributed by atoms with Crippen molar-refractivity contribution in [3.63, 3.8) is 0 Å². The average Bonchev–Trinajstić information content (AvgIpc) is 2.65. The number of halogens is 1. The first-order valence-electron chi connectivity index (χ1n) is 5.54. The molecule has 3 rings (SSSR count). The number of nitrogens with zero attached hydrogens (tertiary/aromatic N) is 1. The number of thiazole rings is 1. The molecule has 3 nitrogen and oxygen atoms in total. The number of hydrogen-bond acceptors (Lipinski definition) is 4. The highest BCUT2D eigenvalue weighted by Gasteiger charge is 2.32. The molecule has 1 saturated heterocycles. The summed E-state index contributed by atoms with van der Waals surface area (Å²) in [7, 11) is 0. The molecule has 1 aromatic heterocycles. The quantitative estimate of drug-likeness (QED) is 0.930. The van der Waals surface area contributed by atoms with Gasteiger partial charge in [-0.1, -0.05) is 11.6 Å². The van der Waals surface area contributed by atoms with Crippen LogP contribution in [0.15, 0.2) is 18.2 Å². The molecule has 0 saturated carbocycles. The molecule has 1 fully saturated rings. The number of aromatic nitrogens is 1. The summed E-state index contributed by atoms with van der Waals surface area (Å²) < 4.78 is 6.98. The Labute approximate surface area is 109 Å². The summed E-state index contributed by atoms with van der Waals surface area (Å²) in [5.74, 6) is 0. The fraction of sp³-hybridized carbons (Fsp3) is 0.417. The minimum atomic E-state index is -0.0184. The number of ether oxygens (including phenoxy) is 1. The van der Waals surface area contributed by atoms with E-state index in [1.807, 2.05) is 18.2 Å². The van der Waals surface area contributed by atoms with Crippen molar-refractivity contribution in [2.75, 3.05) is 13.1 Å². The molecule has 0 atom stereocenters. The van der Waals surface area contributed by atoms with Crippen molar-refractivity contribution in [2.24, 2.45) is 0 Å². The Hall–Kier alpha value is -0.680. The SMILES string of the molecule is CC1(OCc2nc3ccc(Cl)cc3s2)CNC1. The Morgan fingerprint density at radius 1 is 1.53 bits per heavy atom. The molecule has 90 valence electrons. The van der Waals surface area contributed by atoms with Crippen LogP contribution in [0.3, 0.4) is 0 Å². The van der Waals surface area contributed by atoms with Crippen LogP contribution in [0.2, 0.25) is 5.02 Å². The van der Waals surface area contributed by atoms with Crippen LogP contribution in [-0.4, -0.2) is 23.7 Å². The Balaban J connectivity index is 1.76. The van der Waals surface area contributed by atoms with Crippen molar-refractivity contribution >= 4 is 33.2 Å². The fourth-order valence-corrected chi connectivity index (χ4v) is 2.98. The number of nitrogens with one attached hydrogen (secondary N) is 1. The Morgan fingerprint density at radius 2 is 2.35 bits per heavy atom. The summed E-state index contributed by atoms with van der Waals surface area (Å²) in [6.07, 6.45) is 0. The highest BCUT2D eigenvalue weighted by molar-refractivity contribution is 7.18. The average molecular weight is 269 g/mol. The van der Waals surface area contributed by atoms with Crippen LogP contribution in [0.1, 0.15) is 11.9 Å². The molecule has 0 unspecified atom stereocenters. The Kier molecular flexibility index (Phi) is 2.83. The fourth-order valence-electron chi connectivity index (χ4n) is 1.82. The van der Waals surface area contributed by atoms with E-state index in [-0.39, 0.29) is 5.60 Å². The first-order valence-corrected chi connectivity index (χ1v) is 6.74. The van der Waals surface area contributed by atoms with E-state index in [0.29, 0.717) is 6.61 Å². The van der Waals surface area contributed by atoms with Crippen LogP contribution in [-0.2, 0) is 11.3 Å². The van der Waals surface area contributed by atoms with Gasteiger partial charge in [0.05, 0.1) is 22.4 Å². The van der Waals surface area contributed by atoms with Crippen LogP contribution in [0, 0.1) is 0 Å². The molecule has 2 aromatic rings. The zero-order valence-electron chi connectivity index (χ0n) is 9.50. The Bertz CT molecular complexity index is 550. The van der Waals surface area contributed by atoms with Gasteiger partial charge in [0.25, 0.3) is 0 Å². The highest BCUT2D eigenvalue weighted by atomic mass is 35.5. The van der Waals surface area contributed by atoms with Gasteiger partial charge >= 0.3 is 0 Å². The third-order valence-corrected chi connectivity index (χ3v) is 4.16. The smallest absolute Gasteiger partial charge is 0.120 e. The zero-order chi connectivity index (χ0) is 11.9. The molecule has 0 spiro atoms. The van der Waals surface area contributed by atoms with Gasteiger partial charge in [-0.3, -0.25) is 0 Å². The summed E-state index contributed by atoms with van der Waals surface area (Å²) in [5, 5.41) is 4.98. The van der Waals surface area contributed by atoms with Crippen LogP contribution >= 0.6 is 22.9 Å². The number of benzene rings is 1. The van der Waals surface area contributed by atoms with Gasteiger partial charge in [-0.15, -0.1) is 11.3 Å². The number of rotatable bonds is 3. The molecule has 1 aliphatic heterocycles. The molecule has 0 bridgehead atoms. The summed E-state index contributed by atoms with van der Waals surface area (Å²) in [6, 6.07) is 5.76. The predicted octanol–water partition coefficient (Wildman–Crippen LogP) is 2.83. The highest BCUT2D eigenvalue weighted by Crippen LogP contribution is 2.27. The van der Waals surface area contributed by atoms with Gasteiger partial charge in [-0.2, -0.15) is 0 Å². The van der Waals surface area contributed by atoms with E-state index in [1.54, 1.807) is 11.3 Å². The van der Waals surface area contributed by atoms with Gasteiger partial charge in [0.2, 0.25) is 0 Å². The van der Waals surface area contributed by atoms with Crippen molar-refractivity contribution in [2.45, 2.75) is 19.1 Å². The summed E-state index contributed by atoms with van der Waals surface area (Å²) in [6.45, 7) is 4.54. The maximum absolute atomic E-state index is 5.95. The summed E-state index contributed by atoms with van der Waals surface area (Å²) in [4.78, 5) is 4.53. The van der Waals surface area contributed by atoms with Crippen LogP contribution in [0.4, 0.5) is 0 Å². The van der Waals surface area contributed by atoms with E-state index < -0.39 is 0 Å². The van der Waals surface area contributed by atoms with E-state index in [0.717, 1.165) is 33.3 Å². The zero-order valence-corrected chi connectivity index (χ0v) is 11.1. The van der Waals surface area contributed by atoms with Gasteiger partial charge < -0.3 is 10.1 Å². The molecule has 0 aliphatic carbocycles. The molecular formula is C12H13ClN2OS. The van der Waals surface area contributed by atoms with Gasteiger partial charge in [-0.25, -0.2) is 4.98 Å². The molecular weight excluding hydrogens is 256 g/mol. The van der Waals surface area contributed by atoms with Crippen molar-refractivity contribution in [3.8, 4) is 0 Å². The molecule has 17 heavy (non-hydrogen) atoms. The van der Waals surface area contributed by atoms with E-state index in [1.165, 1.54) is 0 Å². The van der Waals surface area contributed by atoms with Crippen molar-refractivity contribution in [1.29, 1.82) is 0 Å². The summed E-state index contributed by atoms with van der Waals surface area (Å²) >= 11 is 7.59. The van der Waals surface area contributed by atoms with E-state index in [4.69, 9.17) is 16.3 Å². The number of hydrogen-bond donors (Lipinski definition) is 1. The van der Waals surface area contributed by atoms with Crippen molar-refractivity contribution < 1.29 is 4.74 Å². The van der Waals surface area contributed by atoms with E-state index in [9.17, 15) is 0 Å². The second-order valence-corrected chi connectivity index (χ2v) is 6.11. The largest absolute Gasteiger partial charge is 0.365 e. The molecule has 5 heteroatoms. The molecule has 1 aromatic carbocycles. The van der Waals surface area contributed by atoms with Gasteiger partial charge in [0, 0.05) is 18.1 Å². The Morgan fingerprint density at radius 3 is 3.06 bits per heavy atom. The van der Waals surface area contributed by atoms with Crippen LogP contribution < -0.4 is 5.32 Å². The third-order valence-electron chi connectivity index (χ3n) is 2.94.